The first kappa shape index (κ1) is 15.3. The third kappa shape index (κ3) is 2.78. The second-order valence-electron chi connectivity index (χ2n) is 6.44. The van der Waals surface area contributed by atoms with Gasteiger partial charge in [-0.25, -0.2) is 9.98 Å². The minimum atomic E-state index is 0.0488. The molecule has 1 aromatic carbocycles. The molecular formula is C20H16N4OS. The fourth-order valence-electron chi connectivity index (χ4n) is 3.24. The molecule has 3 aromatic rings. The highest BCUT2D eigenvalue weighted by molar-refractivity contribution is 7.16. The molecule has 1 aliphatic heterocycles. The summed E-state index contributed by atoms with van der Waals surface area (Å²) in [5.41, 5.74) is 3.26. The zero-order chi connectivity index (χ0) is 17.5. The van der Waals surface area contributed by atoms with Crippen LogP contribution in [0.2, 0.25) is 0 Å². The third-order valence-corrected chi connectivity index (χ3v) is 5.59. The maximum Gasteiger partial charge on any atom is 0.231 e. The number of aromatic nitrogens is 2. The number of nitrogens with zero attached hydrogens (tertiary/aromatic N) is 3. The van der Waals surface area contributed by atoms with Crippen LogP contribution < -0.4 is 5.32 Å². The zero-order valence-electron chi connectivity index (χ0n) is 13.8. The summed E-state index contributed by atoms with van der Waals surface area (Å²) in [4.78, 5) is 13.5. The van der Waals surface area contributed by atoms with Crippen LogP contribution in [0.25, 0.3) is 11.6 Å². The smallest absolute Gasteiger partial charge is 0.231 e. The topological polar surface area (TPSA) is 70.4 Å². The van der Waals surface area contributed by atoms with Crippen molar-refractivity contribution in [2.24, 2.45) is 4.99 Å². The first-order valence-electron chi connectivity index (χ1n) is 8.50. The summed E-state index contributed by atoms with van der Waals surface area (Å²) in [6.07, 6.45) is 6.50. The lowest BCUT2D eigenvalue weighted by molar-refractivity contribution is 0.456. The molecule has 5 nitrogen and oxygen atoms in total. The van der Waals surface area contributed by atoms with Gasteiger partial charge in [0.25, 0.3) is 0 Å². The molecular weight excluding hydrogens is 344 g/mol. The Labute approximate surface area is 154 Å². The highest BCUT2D eigenvalue weighted by Crippen LogP contribution is 2.44. The molecule has 0 radical (unpaired) electrons. The predicted molar refractivity (Wildman–Crippen MR) is 105 cm³/mol. The van der Waals surface area contributed by atoms with E-state index in [1.165, 1.54) is 16.9 Å². The molecule has 2 atom stereocenters. The van der Waals surface area contributed by atoms with E-state index in [-0.39, 0.29) is 5.88 Å². The average Bonchev–Trinajstić information content (AvgIpc) is 3.18. The van der Waals surface area contributed by atoms with Crippen LogP contribution in [0.5, 0.6) is 5.88 Å². The molecule has 1 saturated carbocycles. The molecule has 0 saturated heterocycles. The summed E-state index contributed by atoms with van der Waals surface area (Å²) in [7, 11) is 0. The predicted octanol–water partition coefficient (Wildman–Crippen LogP) is 4.47. The standard InChI is InChI=1S/C20H16N4OS/c25-19-17(9-13-11-22-18-14(13)7-4-8-21-18)26-20(24-19)23-16-10-15(16)12-5-2-1-3-6-12/h1-9,11,15-16,25H,10H2,(H,23,24)/t15-,16?/m1/s1. The van der Waals surface area contributed by atoms with Crippen LogP contribution in [0.3, 0.4) is 0 Å². The van der Waals surface area contributed by atoms with Gasteiger partial charge in [0, 0.05) is 35.5 Å². The summed E-state index contributed by atoms with van der Waals surface area (Å²) >= 11 is 1.46. The Kier molecular flexibility index (Phi) is 3.57. The van der Waals surface area contributed by atoms with Crippen LogP contribution in [-0.2, 0) is 0 Å². The summed E-state index contributed by atoms with van der Waals surface area (Å²) in [5.74, 6) is 1.28. The maximum absolute atomic E-state index is 10.2. The van der Waals surface area contributed by atoms with Gasteiger partial charge in [-0.1, -0.05) is 41.7 Å². The van der Waals surface area contributed by atoms with Crippen molar-refractivity contribution in [1.29, 1.82) is 0 Å². The lowest BCUT2D eigenvalue weighted by Gasteiger charge is -2.01. The normalized spacial score (nSPS) is 21.8. The van der Waals surface area contributed by atoms with Crippen molar-refractivity contribution >= 4 is 40.1 Å². The molecule has 6 heteroatoms. The Morgan fingerprint density at radius 1 is 1.15 bits per heavy atom. The number of fused-ring (bicyclic) bond motifs is 1. The van der Waals surface area contributed by atoms with E-state index in [1.54, 1.807) is 12.4 Å². The molecule has 2 N–H and O–H groups in total. The highest BCUT2D eigenvalue weighted by Gasteiger charge is 2.38. The van der Waals surface area contributed by atoms with Gasteiger partial charge in [0.15, 0.2) is 10.9 Å². The van der Waals surface area contributed by atoms with Gasteiger partial charge in [0.1, 0.15) is 0 Å². The fourth-order valence-corrected chi connectivity index (χ4v) is 4.12. The molecule has 3 heterocycles. The van der Waals surface area contributed by atoms with Gasteiger partial charge in [-0.15, -0.1) is 0 Å². The Balaban J connectivity index is 1.34. The van der Waals surface area contributed by atoms with E-state index in [9.17, 15) is 5.11 Å². The van der Waals surface area contributed by atoms with Gasteiger partial charge in [0.05, 0.1) is 4.88 Å². The van der Waals surface area contributed by atoms with E-state index in [0.29, 0.717) is 17.8 Å². The molecule has 1 aliphatic carbocycles. The van der Waals surface area contributed by atoms with Crippen LogP contribution in [0.4, 0.5) is 10.9 Å². The fraction of sp³-hybridized carbons (Fsp3) is 0.150. The van der Waals surface area contributed by atoms with Crippen molar-refractivity contribution in [1.82, 2.24) is 9.97 Å². The number of hydrogen-bond donors (Lipinski definition) is 2. The van der Waals surface area contributed by atoms with Crippen LogP contribution in [0.15, 0.2) is 53.7 Å². The van der Waals surface area contributed by atoms with Gasteiger partial charge in [0.2, 0.25) is 5.88 Å². The van der Waals surface area contributed by atoms with Gasteiger partial charge < -0.3 is 10.4 Å². The molecule has 1 unspecified atom stereocenters. The molecule has 5 rings (SSSR count). The van der Waals surface area contributed by atoms with Crippen LogP contribution in [-0.4, -0.2) is 27.3 Å². The largest absolute Gasteiger partial charge is 0.492 e. The number of thiazole rings is 1. The van der Waals surface area contributed by atoms with Crippen LogP contribution in [0, 0.1) is 0 Å². The SMILES string of the molecule is Oc1nc(NC2C[C@@H]2c2ccccc2)sc1C=C1C=Nc2ncccc21. The highest BCUT2D eigenvalue weighted by atomic mass is 32.1. The molecule has 26 heavy (non-hydrogen) atoms. The summed E-state index contributed by atoms with van der Waals surface area (Å²) in [6.45, 7) is 0. The van der Waals surface area contributed by atoms with Crippen molar-refractivity contribution in [3.63, 3.8) is 0 Å². The van der Waals surface area contributed by atoms with E-state index in [2.05, 4.69) is 44.5 Å². The van der Waals surface area contributed by atoms with Crippen molar-refractivity contribution in [3.05, 3.63) is 64.7 Å². The molecule has 0 spiro atoms. The number of allylic oxidation sites excluding steroid dienone is 1. The molecule has 2 aromatic heterocycles. The van der Waals surface area contributed by atoms with E-state index in [4.69, 9.17) is 0 Å². The Morgan fingerprint density at radius 3 is 2.92 bits per heavy atom. The molecule has 0 bridgehead atoms. The number of hydrogen-bond acceptors (Lipinski definition) is 6. The van der Waals surface area contributed by atoms with E-state index in [0.717, 1.165) is 27.6 Å². The molecule has 0 amide bonds. The van der Waals surface area contributed by atoms with Crippen LogP contribution in [0.1, 0.15) is 28.3 Å². The Bertz CT molecular complexity index is 1030. The minimum Gasteiger partial charge on any atom is -0.492 e. The maximum atomic E-state index is 10.2. The van der Waals surface area contributed by atoms with E-state index in [1.807, 2.05) is 24.3 Å². The van der Waals surface area contributed by atoms with Crippen molar-refractivity contribution in [2.75, 3.05) is 5.32 Å². The first-order chi connectivity index (χ1) is 12.8. The average molecular weight is 360 g/mol. The monoisotopic (exact) mass is 360 g/mol. The second kappa shape index (κ2) is 6.07. The summed E-state index contributed by atoms with van der Waals surface area (Å²) < 4.78 is 0. The Hall–Kier alpha value is -2.99. The van der Waals surface area contributed by atoms with Gasteiger partial charge in [-0.2, -0.15) is 4.98 Å². The van der Waals surface area contributed by atoms with E-state index < -0.39 is 0 Å². The molecule has 1 fully saturated rings. The van der Waals surface area contributed by atoms with Crippen LogP contribution >= 0.6 is 11.3 Å². The molecule has 128 valence electrons. The lowest BCUT2D eigenvalue weighted by Crippen LogP contribution is -2.03. The lowest BCUT2D eigenvalue weighted by atomic mass is 10.1. The van der Waals surface area contributed by atoms with E-state index >= 15 is 0 Å². The number of nitrogens with one attached hydrogen (secondary N) is 1. The van der Waals surface area contributed by atoms with Crippen molar-refractivity contribution in [3.8, 4) is 5.88 Å². The van der Waals surface area contributed by atoms with Gasteiger partial charge in [-0.05, 0) is 30.2 Å². The summed E-state index contributed by atoms with van der Waals surface area (Å²) in [5, 5.41) is 14.4. The number of anilines is 1. The molecule has 2 aliphatic rings. The first-order valence-corrected chi connectivity index (χ1v) is 9.32. The zero-order valence-corrected chi connectivity index (χ0v) is 14.6. The minimum absolute atomic E-state index is 0.0488. The van der Waals surface area contributed by atoms with Gasteiger partial charge >= 0.3 is 0 Å². The number of pyridine rings is 1. The number of rotatable bonds is 4. The number of aliphatic imine (C=N–C) groups is 1. The third-order valence-electron chi connectivity index (χ3n) is 4.67. The number of aromatic hydroxyl groups is 1. The van der Waals surface area contributed by atoms with Gasteiger partial charge in [-0.3, -0.25) is 0 Å². The Morgan fingerprint density at radius 2 is 2.04 bits per heavy atom. The summed E-state index contributed by atoms with van der Waals surface area (Å²) in [6, 6.07) is 14.7. The number of benzene rings is 1. The van der Waals surface area contributed by atoms with Crippen molar-refractivity contribution < 1.29 is 5.11 Å². The van der Waals surface area contributed by atoms with Crippen molar-refractivity contribution in [2.45, 2.75) is 18.4 Å². The quantitative estimate of drug-likeness (QED) is 0.720. The second-order valence-corrected chi connectivity index (χ2v) is 7.47.